The minimum absolute atomic E-state index is 0.254. The van der Waals surface area contributed by atoms with Crippen LogP contribution in [0.1, 0.15) is 25.3 Å². The van der Waals surface area contributed by atoms with Gasteiger partial charge in [0, 0.05) is 25.2 Å². The lowest BCUT2D eigenvalue weighted by molar-refractivity contribution is -0.106. The molecule has 1 saturated heterocycles. The second-order valence-corrected chi connectivity index (χ2v) is 5.08. The average Bonchev–Trinajstić information content (AvgIpc) is 2.27. The smallest absolute Gasteiger partial charge is 0.123 e. The Bertz CT molecular complexity index is 416. The van der Waals surface area contributed by atoms with E-state index in [4.69, 9.17) is 4.74 Å². The van der Waals surface area contributed by atoms with Crippen LogP contribution in [0.4, 0.5) is 4.39 Å². The van der Waals surface area contributed by atoms with Crippen molar-refractivity contribution in [3.63, 3.8) is 0 Å². The first kappa shape index (κ1) is 13.3. The predicted molar refractivity (Wildman–Crippen MR) is 68.1 cm³/mol. The van der Waals surface area contributed by atoms with Gasteiger partial charge < -0.3 is 9.84 Å². The Hall–Kier alpha value is -1.13. The third-order valence-corrected chi connectivity index (χ3v) is 3.39. The van der Waals surface area contributed by atoms with E-state index in [1.807, 2.05) is 0 Å². The largest absolute Gasteiger partial charge is 0.496 e. The number of halogens is 1. The monoisotopic (exact) mass is 253 g/mol. The first-order valence-electron chi connectivity index (χ1n) is 6.33. The van der Waals surface area contributed by atoms with Crippen LogP contribution in [0.2, 0.25) is 0 Å². The van der Waals surface area contributed by atoms with Gasteiger partial charge in [-0.15, -0.1) is 0 Å². The van der Waals surface area contributed by atoms with E-state index in [2.05, 4.69) is 11.8 Å². The van der Waals surface area contributed by atoms with Crippen LogP contribution in [-0.4, -0.2) is 35.8 Å². The lowest BCUT2D eigenvalue weighted by atomic mass is 9.89. The molecule has 2 rings (SSSR count). The summed E-state index contributed by atoms with van der Waals surface area (Å²) in [4.78, 5) is 2.10. The molecule has 1 aromatic carbocycles. The highest BCUT2D eigenvalue weighted by Crippen LogP contribution is 2.29. The van der Waals surface area contributed by atoms with Crippen LogP contribution in [0, 0.1) is 5.82 Å². The number of hydrogen-bond donors (Lipinski definition) is 1. The zero-order valence-electron chi connectivity index (χ0n) is 10.9. The number of rotatable bonds is 5. The molecule has 0 amide bonds. The lowest BCUT2D eigenvalue weighted by Gasteiger charge is -2.46. The molecule has 0 aliphatic carbocycles. The second-order valence-electron chi connectivity index (χ2n) is 5.08. The number of methoxy groups -OCH3 is 1. The number of β-amino-alcohol motifs (C(OH)–C–C–N with tert-alkyl or cyclic N) is 1. The second kappa shape index (κ2) is 5.24. The molecule has 3 nitrogen and oxygen atoms in total. The highest BCUT2D eigenvalue weighted by atomic mass is 19.1. The number of hydrogen-bond acceptors (Lipinski definition) is 3. The van der Waals surface area contributed by atoms with Crippen molar-refractivity contribution < 1.29 is 14.2 Å². The highest BCUT2D eigenvalue weighted by molar-refractivity contribution is 5.34. The van der Waals surface area contributed by atoms with Gasteiger partial charge in [-0.2, -0.15) is 0 Å². The predicted octanol–water partition coefficient (Wildman–Crippen LogP) is 2.18. The van der Waals surface area contributed by atoms with Crippen LogP contribution in [0.25, 0.3) is 0 Å². The molecule has 0 saturated carbocycles. The van der Waals surface area contributed by atoms with E-state index in [9.17, 15) is 9.50 Å². The van der Waals surface area contributed by atoms with E-state index >= 15 is 0 Å². The Kier molecular flexibility index (Phi) is 3.88. The van der Waals surface area contributed by atoms with Crippen molar-refractivity contribution in [2.45, 2.75) is 31.9 Å². The summed E-state index contributed by atoms with van der Waals surface area (Å²) in [5.74, 6) is 0.442. The summed E-state index contributed by atoms with van der Waals surface area (Å²) in [5, 5.41) is 10.1. The van der Waals surface area contributed by atoms with E-state index in [1.54, 1.807) is 13.2 Å². The van der Waals surface area contributed by atoms with Crippen LogP contribution in [0.3, 0.4) is 0 Å². The van der Waals surface area contributed by atoms with Crippen molar-refractivity contribution >= 4 is 0 Å². The van der Waals surface area contributed by atoms with Gasteiger partial charge in [-0.05, 0) is 24.6 Å². The Morgan fingerprint density at radius 1 is 1.44 bits per heavy atom. The van der Waals surface area contributed by atoms with E-state index in [0.717, 1.165) is 18.4 Å². The van der Waals surface area contributed by atoms with Gasteiger partial charge in [-0.25, -0.2) is 4.39 Å². The molecule has 0 aromatic heterocycles. The van der Waals surface area contributed by atoms with Crippen LogP contribution in [0.15, 0.2) is 18.2 Å². The number of likely N-dealkylation sites (tertiary alicyclic amines) is 1. The maximum Gasteiger partial charge on any atom is 0.123 e. The molecule has 0 spiro atoms. The fourth-order valence-electron chi connectivity index (χ4n) is 2.63. The minimum atomic E-state index is -0.546. The standard InChI is InChI=1S/C14H20FNO2/c1-3-6-14(17)9-16(10-14)8-11-7-12(15)4-5-13(11)18-2/h4-5,7,17H,3,6,8-10H2,1-2H3. The van der Waals surface area contributed by atoms with E-state index in [-0.39, 0.29) is 5.82 Å². The maximum absolute atomic E-state index is 13.2. The SMILES string of the molecule is CCCC1(O)CN(Cc2cc(F)ccc2OC)C1. The van der Waals surface area contributed by atoms with Gasteiger partial charge in [0.15, 0.2) is 0 Å². The summed E-state index contributed by atoms with van der Waals surface area (Å²) in [6.45, 7) is 3.99. The molecule has 1 aromatic rings. The van der Waals surface area contributed by atoms with Gasteiger partial charge in [0.1, 0.15) is 11.6 Å². The van der Waals surface area contributed by atoms with Gasteiger partial charge in [0.05, 0.1) is 12.7 Å². The highest BCUT2D eigenvalue weighted by Gasteiger charge is 2.40. The molecule has 1 N–H and O–H groups in total. The van der Waals surface area contributed by atoms with Crippen LogP contribution in [0.5, 0.6) is 5.75 Å². The van der Waals surface area contributed by atoms with Gasteiger partial charge in [-0.3, -0.25) is 4.90 Å². The van der Waals surface area contributed by atoms with Gasteiger partial charge >= 0.3 is 0 Å². The minimum Gasteiger partial charge on any atom is -0.496 e. The van der Waals surface area contributed by atoms with Gasteiger partial charge in [-0.1, -0.05) is 13.3 Å². The zero-order valence-corrected chi connectivity index (χ0v) is 10.9. The van der Waals surface area contributed by atoms with E-state index < -0.39 is 5.60 Å². The van der Waals surface area contributed by atoms with Crippen molar-refractivity contribution in [2.75, 3.05) is 20.2 Å². The summed E-state index contributed by atoms with van der Waals surface area (Å²) in [5.41, 5.74) is 0.283. The molecule has 0 radical (unpaired) electrons. The van der Waals surface area contributed by atoms with Crippen molar-refractivity contribution in [2.24, 2.45) is 0 Å². The Morgan fingerprint density at radius 3 is 2.78 bits per heavy atom. The van der Waals surface area contributed by atoms with Crippen LogP contribution >= 0.6 is 0 Å². The molecule has 100 valence electrons. The molecule has 1 fully saturated rings. The summed E-state index contributed by atoms with van der Waals surface area (Å²) in [6.07, 6.45) is 1.80. The van der Waals surface area contributed by atoms with E-state index in [0.29, 0.717) is 25.4 Å². The van der Waals surface area contributed by atoms with Crippen LogP contribution in [-0.2, 0) is 6.54 Å². The lowest BCUT2D eigenvalue weighted by Crippen LogP contribution is -2.60. The fraction of sp³-hybridized carbons (Fsp3) is 0.571. The fourth-order valence-corrected chi connectivity index (χ4v) is 2.63. The maximum atomic E-state index is 13.2. The number of ether oxygens (including phenoxy) is 1. The molecular formula is C14H20FNO2. The molecule has 1 heterocycles. The third kappa shape index (κ3) is 2.82. The number of nitrogens with zero attached hydrogens (tertiary/aromatic N) is 1. The average molecular weight is 253 g/mol. The van der Waals surface area contributed by atoms with Crippen molar-refractivity contribution in [1.29, 1.82) is 0 Å². The van der Waals surface area contributed by atoms with Crippen molar-refractivity contribution in [3.8, 4) is 5.75 Å². The number of benzene rings is 1. The topological polar surface area (TPSA) is 32.7 Å². The van der Waals surface area contributed by atoms with Crippen molar-refractivity contribution in [3.05, 3.63) is 29.6 Å². The van der Waals surface area contributed by atoms with Crippen LogP contribution < -0.4 is 4.74 Å². The zero-order chi connectivity index (χ0) is 13.2. The molecule has 1 aliphatic heterocycles. The van der Waals surface area contributed by atoms with Crippen molar-refractivity contribution in [1.82, 2.24) is 4.90 Å². The third-order valence-electron chi connectivity index (χ3n) is 3.39. The summed E-state index contributed by atoms with van der Waals surface area (Å²) >= 11 is 0. The molecular weight excluding hydrogens is 233 g/mol. The molecule has 0 unspecified atom stereocenters. The van der Waals surface area contributed by atoms with Gasteiger partial charge in [0.25, 0.3) is 0 Å². The van der Waals surface area contributed by atoms with E-state index in [1.165, 1.54) is 12.1 Å². The summed E-state index contributed by atoms with van der Waals surface area (Å²) in [7, 11) is 1.58. The Morgan fingerprint density at radius 2 is 2.17 bits per heavy atom. The molecule has 4 heteroatoms. The summed E-state index contributed by atoms with van der Waals surface area (Å²) < 4.78 is 18.4. The Labute approximate surface area is 107 Å². The molecule has 0 atom stereocenters. The normalized spacial score (nSPS) is 18.4. The Balaban J connectivity index is 1.97. The first-order chi connectivity index (χ1) is 8.56. The number of aliphatic hydroxyl groups is 1. The quantitative estimate of drug-likeness (QED) is 0.873. The molecule has 0 bridgehead atoms. The first-order valence-corrected chi connectivity index (χ1v) is 6.33. The van der Waals surface area contributed by atoms with Gasteiger partial charge in [0.2, 0.25) is 0 Å². The molecule has 1 aliphatic rings. The molecule has 18 heavy (non-hydrogen) atoms. The summed E-state index contributed by atoms with van der Waals surface area (Å²) in [6, 6.07) is 4.53.